The molecule has 0 amide bonds. The third kappa shape index (κ3) is 5.71. The average Bonchev–Trinajstić information content (AvgIpc) is 3.02. The molecule has 1 unspecified atom stereocenters. The van der Waals surface area contributed by atoms with Crippen LogP contribution in [0.25, 0.3) is 11.0 Å². The maximum atomic E-state index is 4.64. The summed E-state index contributed by atoms with van der Waals surface area (Å²) >= 11 is 0. The molecule has 1 aliphatic rings. The molecule has 0 aliphatic carbocycles. The van der Waals surface area contributed by atoms with Crippen molar-refractivity contribution in [2.45, 2.75) is 46.1 Å². The monoisotopic (exact) mass is 384 g/mol. The number of hydrogen-bond acceptors (Lipinski definition) is 3. The van der Waals surface area contributed by atoms with Gasteiger partial charge in [0.05, 0.1) is 11.0 Å². The largest absolute Gasteiger partial charge is 0.356 e. The lowest BCUT2D eigenvalue weighted by Gasteiger charge is -2.30. The Morgan fingerprint density at radius 3 is 2.68 bits per heavy atom. The molecule has 154 valence electrons. The number of nitrogens with zero attached hydrogens (tertiary/aromatic N) is 4. The maximum Gasteiger partial charge on any atom is 0.190 e. The molecule has 6 nitrogen and oxygen atoms in total. The fraction of sp³-hybridized carbons (Fsp3) is 0.636. The van der Waals surface area contributed by atoms with Gasteiger partial charge in [-0.1, -0.05) is 19.1 Å². The van der Waals surface area contributed by atoms with E-state index in [1.807, 2.05) is 13.1 Å². The van der Waals surface area contributed by atoms with Crippen molar-refractivity contribution in [3.05, 3.63) is 30.1 Å². The van der Waals surface area contributed by atoms with Gasteiger partial charge in [0.1, 0.15) is 5.82 Å². The molecule has 2 aromatic rings. The van der Waals surface area contributed by atoms with E-state index in [-0.39, 0.29) is 0 Å². The third-order valence-electron chi connectivity index (χ3n) is 5.60. The minimum atomic E-state index is 0.854. The van der Waals surface area contributed by atoms with Crippen LogP contribution in [0.5, 0.6) is 0 Å². The summed E-state index contributed by atoms with van der Waals surface area (Å²) in [5.74, 6) is 2.84. The molecule has 1 aromatic carbocycles. The van der Waals surface area contributed by atoms with Crippen LogP contribution in [0.15, 0.2) is 29.3 Å². The summed E-state index contributed by atoms with van der Waals surface area (Å²) in [4.78, 5) is 11.6. The molecule has 2 N–H and O–H groups in total. The highest BCUT2D eigenvalue weighted by Gasteiger charge is 2.15. The van der Waals surface area contributed by atoms with E-state index in [9.17, 15) is 0 Å². The smallest absolute Gasteiger partial charge is 0.190 e. The Hall–Kier alpha value is -2.08. The van der Waals surface area contributed by atoms with Gasteiger partial charge in [-0.05, 0) is 63.7 Å². The number of rotatable bonds is 8. The molecule has 1 aliphatic heterocycles. The molecule has 3 rings (SSSR count). The molecule has 0 bridgehead atoms. The molecular weight excluding hydrogens is 348 g/mol. The molecule has 1 saturated heterocycles. The second kappa shape index (κ2) is 10.5. The molecule has 28 heavy (non-hydrogen) atoms. The number of guanidine groups is 1. The highest BCUT2D eigenvalue weighted by Crippen LogP contribution is 2.16. The van der Waals surface area contributed by atoms with Gasteiger partial charge >= 0.3 is 0 Å². The summed E-state index contributed by atoms with van der Waals surface area (Å²) < 4.78 is 2.30. The molecule has 0 radical (unpaired) electrons. The fourth-order valence-corrected chi connectivity index (χ4v) is 4.14. The Kier molecular flexibility index (Phi) is 7.71. The van der Waals surface area contributed by atoms with Crippen LogP contribution < -0.4 is 10.6 Å². The molecule has 0 saturated carbocycles. The second-order valence-electron chi connectivity index (χ2n) is 7.98. The second-order valence-corrected chi connectivity index (χ2v) is 7.98. The van der Waals surface area contributed by atoms with Crippen molar-refractivity contribution in [2.75, 3.05) is 39.8 Å². The quantitative estimate of drug-likeness (QED) is 0.417. The average molecular weight is 385 g/mol. The van der Waals surface area contributed by atoms with E-state index in [2.05, 4.69) is 62.1 Å². The van der Waals surface area contributed by atoms with Crippen molar-refractivity contribution in [3.8, 4) is 0 Å². The van der Waals surface area contributed by atoms with Crippen LogP contribution in [0, 0.1) is 12.8 Å². The molecule has 1 fully saturated rings. The summed E-state index contributed by atoms with van der Waals surface area (Å²) in [6.45, 7) is 11.0. The number of benzene rings is 1. The topological polar surface area (TPSA) is 57.5 Å². The molecule has 6 heteroatoms. The predicted molar refractivity (Wildman–Crippen MR) is 118 cm³/mol. The predicted octanol–water partition coefficient (Wildman–Crippen LogP) is 3.02. The van der Waals surface area contributed by atoms with E-state index in [4.69, 9.17) is 0 Å². The lowest BCUT2D eigenvalue weighted by atomic mass is 10.0. The molecule has 2 heterocycles. The van der Waals surface area contributed by atoms with Gasteiger partial charge in [-0.2, -0.15) is 0 Å². The van der Waals surface area contributed by atoms with Crippen LogP contribution in [0.4, 0.5) is 0 Å². The maximum absolute atomic E-state index is 4.64. The normalized spacial score (nSPS) is 18.5. The van der Waals surface area contributed by atoms with E-state index >= 15 is 0 Å². The minimum Gasteiger partial charge on any atom is -0.356 e. The number of imidazole rings is 1. The van der Waals surface area contributed by atoms with Gasteiger partial charge in [-0.15, -0.1) is 0 Å². The standard InChI is InChI=1S/C22H36N6/c1-18-9-6-14-27(17-18)15-7-12-24-22(23-3)25-13-8-16-28-19(2)26-20-10-4-5-11-21(20)28/h4-5,10-11,18H,6-9,12-17H2,1-3H3,(H2,23,24,25). The van der Waals surface area contributed by atoms with E-state index in [1.165, 1.54) is 38.0 Å². The van der Waals surface area contributed by atoms with Gasteiger partial charge in [-0.3, -0.25) is 4.99 Å². The summed E-state index contributed by atoms with van der Waals surface area (Å²) in [6.07, 6.45) is 4.93. The van der Waals surface area contributed by atoms with E-state index in [0.717, 1.165) is 55.7 Å². The first kappa shape index (κ1) is 20.6. The third-order valence-corrected chi connectivity index (χ3v) is 5.60. The first-order chi connectivity index (χ1) is 13.7. The van der Waals surface area contributed by atoms with Crippen LogP contribution in [0.2, 0.25) is 0 Å². The van der Waals surface area contributed by atoms with Gasteiger partial charge in [0, 0.05) is 33.2 Å². The van der Waals surface area contributed by atoms with Crippen LogP contribution in [-0.4, -0.2) is 60.2 Å². The minimum absolute atomic E-state index is 0.854. The molecule has 1 atom stereocenters. The Morgan fingerprint density at radius 2 is 1.93 bits per heavy atom. The number of aliphatic imine (C=N–C) groups is 1. The summed E-state index contributed by atoms with van der Waals surface area (Å²) in [5.41, 5.74) is 2.29. The zero-order valence-corrected chi connectivity index (χ0v) is 17.7. The van der Waals surface area contributed by atoms with Gasteiger partial charge < -0.3 is 20.1 Å². The van der Waals surface area contributed by atoms with Crippen molar-refractivity contribution in [1.29, 1.82) is 0 Å². The molecule has 1 aromatic heterocycles. The molecule has 0 spiro atoms. The number of aryl methyl sites for hydroxylation is 2. The Balaban J connectivity index is 1.33. The van der Waals surface area contributed by atoms with Crippen LogP contribution in [0.1, 0.15) is 38.4 Å². The van der Waals surface area contributed by atoms with Gasteiger partial charge in [-0.25, -0.2) is 4.98 Å². The number of nitrogens with one attached hydrogen (secondary N) is 2. The fourth-order valence-electron chi connectivity index (χ4n) is 4.14. The van der Waals surface area contributed by atoms with Gasteiger partial charge in [0.2, 0.25) is 0 Å². The van der Waals surface area contributed by atoms with Crippen LogP contribution >= 0.6 is 0 Å². The van der Waals surface area contributed by atoms with E-state index in [1.54, 1.807) is 0 Å². The summed E-state index contributed by atoms with van der Waals surface area (Å²) in [7, 11) is 1.84. The summed E-state index contributed by atoms with van der Waals surface area (Å²) in [6, 6.07) is 8.34. The van der Waals surface area contributed by atoms with E-state index in [0.29, 0.717) is 0 Å². The van der Waals surface area contributed by atoms with Gasteiger partial charge in [0.15, 0.2) is 5.96 Å². The first-order valence-electron chi connectivity index (χ1n) is 10.8. The lowest BCUT2D eigenvalue weighted by molar-refractivity contribution is 0.182. The van der Waals surface area contributed by atoms with Crippen molar-refractivity contribution in [1.82, 2.24) is 25.1 Å². The number of fused-ring (bicyclic) bond motifs is 1. The number of hydrogen-bond donors (Lipinski definition) is 2. The van der Waals surface area contributed by atoms with Crippen molar-refractivity contribution in [2.24, 2.45) is 10.9 Å². The summed E-state index contributed by atoms with van der Waals surface area (Å²) in [5, 5.41) is 6.88. The number of para-hydroxylation sites is 2. The number of aromatic nitrogens is 2. The Labute approximate surface area is 169 Å². The van der Waals surface area contributed by atoms with Gasteiger partial charge in [0.25, 0.3) is 0 Å². The number of likely N-dealkylation sites (tertiary alicyclic amines) is 1. The van der Waals surface area contributed by atoms with Crippen molar-refractivity contribution < 1.29 is 0 Å². The zero-order valence-electron chi connectivity index (χ0n) is 17.7. The first-order valence-corrected chi connectivity index (χ1v) is 10.8. The van der Waals surface area contributed by atoms with Crippen LogP contribution in [0.3, 0.4) is 0 Å². The van der Waals surface area contributed by atoms with Crippen LogP contribution in [-0.2, 0) is 6.54 Å². The van der Waals surface area contributed by atoms with Crippen molar-refractivity contribution >= 4 is 17.0 Å². The Bertz CT molecular complexity index is 765. The zero-order chi connectivity index (χ0) is 19.8. The van der Waals surface area contributed by atoms with Crippen molar-refractivity contribution in [3.63, 3.8) is 0 Å². The van der Waals surface area contributed by atoms with E-state index < -0.39 is 0 Å². The number of piperidine rings is 1. The highest BCUT2D eigenvalue weighted by atomic mass is 15.2. The Morgan fingerprint density at radius 1 is 1.18 bits per heavy atom. The molecular formula is C22H36N6. The SMILES string of the molecule is CN=C(NCCCN1CCCC(C)C1)NCCCn1c(C)nc2ccccc21. The lowest BCUT2D eigenvalue weighted by Crippen LogP contribution is -2.40. The highest BCUT2D eigenvalue weighted by molar-refractivity contribution is 5.79.